The molecule has 0 radical (unpaired) electrons. The second-order valence-electron chi connectivity index (χ2n) is 7.64. The highest BCUT2D eigenvalue weighted by Crippen LogP contribution is 2.41. The van der Waals surface area contributed by atoms with E-state index in [1.165, 1.54) is 49.0 Å². The van der Waals surface area contributed by atoms with Crippen LogP contribution in [0.4, 0.5) is 5.69 Å². The average molecular weight is 369 g/mol. The van der Waals surface area contributed by atoms with Crippen LogP contribution >= 0.6 is 0 Å². The molecular weight excluding hydrogens is 350 g/mol. The van der Waals surface area contributed by atoms with Crippen LogP contribution in [0.2, 0.25) is 0 Å². The van der Waals surface area contributed by atoms with Crippen LogP contribution in [0.5, 0.6) is 0 Å². The third-order valence-corrected chi connectivity index (χ3v) is 5.98. The molecule has 0 aliphatic carbocycles. The molecule has 29 heavy (non-hydrogen) atoms. The second-order valence-corrected chi connectivity index (χ2v) is 7.64. The number of benzene rings is 6. The van der Waals surface area contributed by atoms with Gasteiger partial charge in [0.15, 0.2) is 0 Å². The Morgan fingerprint density at radius 3 is 1.93 bits per heavy atom. The molecule has 6 rings (SSSR count). The van der Waals surface area contributed by atoms with Gasteiger partial charge in [-0.25, -0.2) is 0 Å². The van der Waals surface area contributed by atoms with Crippen molar-refractivity contribution in [2.45, 2.75) is 0 Å². The van der Waals surface area contributed by atoms with Crippen molar-refractivity contribution in [1.29, 1.82) is 0 Å². The Hall–Kier alpha value is -3.84. The molecule has 6 aromatic rings. The lowest BCUT2D eigenvalue weighted by Crippen LogP contribution is -1.93. The monoisotopic (exact) mass is 369 g/mol. The quantitative estimate of drug-likeness (QED) is 0.248. The zero-order valence-corrected chi connectivity index (χ0v) is 15.9. The van der Waals surface area contributed by atoms with Crippen LogP contribution in [0.1, 0.15) is 0 Å². The smallest absolute Gasteiger partial charge is 0.0394 e. The van der Waals surface area contributed by atoms with Gasteiger partial charge >= 0.3 is 0 Å². The Balaban J connectivity index is 1.68. The van der Waals surface area contributed by atoms with Gasteiger partial charge in [0.25, 0.3) is 0 Å². The minimum atomic E-state index is 0.805. The molecule has 0 aliphatic heterocycles. The minimum Gasteiger partial charge on any atom is -0.398 e. The van der Waals surface area contributed by atoms with E-state index in [-0.39, 0.29) is 0 Å². The van der Waals surface area contributed by atoms with Crippen LogP contribution in [-0.4, -0.2) is 0 Å². The number of nitrogens with two attached hydrogens (primary N) is 1. The van der Waals surface area contributed by atoms with Gasteiger partial charge in [-0.05, 0) is 61.1 Å². The molecule has 0 aromatic heterocycles. The fourth-order valence-corrected chi connectivity index (χ4v) is 4.57. The van der Waals surface area contributed by atoms with Gasteiger partial charge < -0.3 is 5.73 Å². The maximum atomic E-state index is 6.47. The molecule has 0 bridgehead atoms. The summed E-state index contributed by atoms with van der Waals surface area (Å²) in [4.78, 5) is 0. The lowest BCUT2D eigenvalue weighted by Gasteiger charge is -2.16. The van der Waals surface area contributed by atoms with Gasteiger partial charge in [0.1, 0.15) is 0 Å². The molecule has 6 aromatic carbocycles. The predicted molar refractivity (Wildman–Crippen MR) is 125 cm³/mol. The summed E-state index contributed by atoms with van der Waals surface area (Å²) in [5.41, 5.74) is 11.9. The largest absolute Gasteiger partial charge is 0.398 e. The predicted octanol–water partition coefficient (Wildman–Crippen LogP) is 7.50. The van der Waals surface area contributed by atoms with E-state index in [0.29, 0.717) is 0 Å². The number of hydrogen-bond donors (Lipinski definition) is 1. The lowest BCUT2D eigenvalue weighted by atomic mass is 9.88. The first-order valence-corrected chi connectivity index (χ1v) is 9.91. The topological polar surface area (TPSA) is 26.0 Å². The van der Waals surface area contributed by atoms with Gasteiger partial charge in [0.05, 0.1) is 0 Å². The molecule has 0 unspecified atom stereocenters. The van der Waals surface area contributed by atoms with Crippen LogP contribution < -0.4 is 5.73 Å². The van der Waals surface area contributed by atoms with E-state index in [0.717, 1.165) is 11.3 Å². The van der Waals surface area contributed by atoms with Crippen molar-refractivity contribution in [2.75, 3.05) is 5.73 Å². The van der Waals surface area contributed by atoms with Crippen LogP contribution in [0.15, 0.2) is 103 Å². The first kappa shape index (κ1) is 16.1. The highest BCUT2D eigenvalue weighted by atomic mass is 14.6. The molecule has 0 spiro atoms. The molecule has 2 N–H and O–H groups in total. The zero-order valence-electron chi connectivity index (χ0n) is 15.9. The van der Waals surface area contributed by atoms with Crippen molar-refractivity contribution in [3.05, 3.63) is 103 Å². The van der Waals surface area contributed by atoms with E-state index in [4.69, 9.17) is 5.73 Å². The maximum Gasteiger partial charge on any atom is 0.0394 e. The van der Waals surface area contributed by atoms with E-state index in [1.807, 2.05) is 12.1 Å². The van der Waals surface area contributed by atoms with E-state index in [9.17, 15) is 0 Å². The molecule has 0 saturated carbocycles. The molecule has 0 atom stereocenters. The number of anilines is 1. The molecule has 1 nitrogen and oxygen atoms in total. The summed E-state index contributed by atoms with van der Waals surface area (Å²) in [6, 6.07) is 36.7. The highest BCUT2D eigenvalue weighted by molar-refractivity contribution is 6.25. The summed E-state index contributed by atoms with van der Waals surface area (Å²) in [5, 5.41) is 7.74. The zero-order chi connectivity index (χ0) is 19.4. The minimum absolute atomic E-state index is 0.805. The van der Waals surface area contributed by atoms with E-state index < -0.39 is 0 Å². The molecule has 136 valence electrons. The second kappa shape index (κ2) is 6.08. The summed E-state index contributed by atoms with van der Waals surface area (Å²) in [6.07, 6.45) is 0. The third-order valence-electron chi connectivity index (χ3n) is 5.98. The first-order valence-electron chi connectivity index (χ1n) is 9.91. The van der Waals surface area contributed by atoms with Gasteiger partial charge in [-0.2, -0.15) is 0 Å². The Kier molecular flexibility index (Phi) is 3.39. The Bertz CT molecular complexity index is 1480. The van der Waals surface area contributed by atoms with Crippen molar-refractivity contribution in [3.8, 4) is 22.3 Å². The Morgan fingerprint density at radius 2 is 1.14 bits per heavy atom. The van der Waals surface area contributed by atoms with Gasteiger partial charge in [-0.3, -0.25) is 0 Å². The van der Waals surface area contributed by atoms with Crippen LogP contribution in [0, 0.1) is 0 Å². The van der Waals surface area contributed by atoms with Gasteiger partial charge in [0, 0.05) is 11.3 Å². The van der Waals surface area contributed by atoms with E-state index in [2.05, 4.69) is 91.0 Å². The molecule has 0 aliphatic rings. The molecule has 0 saturated heterocycles. The molecular formula is C28H19N. The van der Waals surface area contributed by atoms with Crippen molar-refractivity contribution in [3.63, 3.8) is 0 Å². The van der Waals surface area contributed by atoms with Gasteiger partial charge in [-0.1, -0.05) is 91.0 Å². The molecule has 1 heteroatoms. The summed E-state index contributed by atoms with van der Waals surface area (Å²) < 4.78 is 0. The summed E-state index contributed by atoms with van der Waals surface area (Å²) in [5.74, 6) is 0. The summed E-state index contributed by atoms with van der Waals surface area (Å²) >= 11 is 0. The van der Waals surface area contributed by atoms with Crippen LogP contribution in [0.3, 0.4) is 0 Å². The average Bonchev–Trinajstić information content (AvgIpc) is 2.78. The van der Waals surface area contributed by atoms with Gasteiger partial charge in [0.2, 0.25) is 0 Å². The van der Waals surface area contributed by atoms with Crippen molar-refractivity contribution < 1.29 is 0 Å². The fraction of sp³-hybridized carbons (Fsp3) is 0. The number of hydrogen-bond acceptors (Lipinski definition) is 1. The number of nitrogen functional groups attached to an aromatic ring is 1. The van der Waals surface area contributed by atoms with Gasteiger partial charge in [-0.15, -0.1) is 0 Å². The SMILES string of the molecule is Nc1ccc(-c2ccccc2)cc1-c1ccc2ccc3cccc4ccc1c2c34. The fourth-order valence-electron chi connectivity index (χ4n) is 4.57. The normalized spacial score (nSPS) is 11.6. The maximum absolute atomic E-state index is 6.47. The summed E-state index contributed by atoms with van der Waals surface area (Å²) in [7, 11) is 0. The van der Waals surface area contributed by atoms with E-state index in [1.54, 1.807) is 0 Å². The lowest BCUT2D eigenvalue weighted by molar-refractivity contribution is 1.60. The van der Waals surface area contributed by atoms with Crippen molar-refractivity contribution in [1.82, 2.24) is 0 Å². The third kappa shape index (κ3) is 2.41. The molecule has 0 heterocycles. The van der Waals surface area contributed by atoms with Crippen molar-refractivity contribution >= 4 is 38.0 Å². The van der Waals surface area contributed by atoms with Crippen LogP contribution in [-0.2, 0) is 0 Å². The standard InChI is InChI=1S/C28H19N/c29-26-16-13-22(18-5-2-1-3-6-18)17-25(26)23-14-11-21-10-9-19-7-4-8-20-12-15-24(23)28(21)27(19)20/h1-17H,29H2. The van der Waals surface area contributed by atoms with Crippen molar-refractivity contribution in [2.24, 2.45) is 0 Å². The highest BCUT2D eigenvalue weighted by Gasteiger charge is 2.14. The first-order chi connectivity index (χ1) is 14.3. The molecule has 0 amide bonds. The Morgan fingerprint density at radius 1 is 0.448 bits per heavy atom. The summed E-state index contributed by atoms with van der Waals surface area (Å²) in [6.45, 7) is 0. The Labute approximate surface area is 169 Å². The number of rotatable bonds is 2. The van der Waals surface area contributed by atoms with Crippen LogP contribution in [0.25, 0.3) is 54.6 Å². The molecule has 0 fully saturated rings. The van der Waals surface area contributed by atoms with E-state index >= 15 is 0 Å².